The monoisotopic (exact) mass is 516 g/mol. The van der Waals surface area contributed by atoms with Gasteiger partial charge in [-0.1, -0.05) is 47.5 Å². The van der Waals surface area contributed by atoms with Crippen molar-refractivity contribution in [1.29, 1.82) is 0 Å². The molecule has 9 heteroatoms. The third-order valence-corrected chi connectivity index (χ3v) is 6.68. The number of hydrogen-bond acceptors (Lipinski definition) is 3. The molecular weight excluding hydrogens is 494 g/mol. The molecule has 0 aromatic heterocycles. The van der Waals surface area contributed by atoms with E-state index in [1.807, 2.05) is 31.2 Å². The highest BCUT2D eigenvalue weighted by Crippen LogP contribution is 2.31. The first kappa shape index (κ1) is 24.4. The van der Waals surface area contributed by atoms with E-state index in [-0.39, 0.29) is 28.8 Å². The van der Waals surface area contributed by atoms with Gasteiger partial charge in [0.25, 0.3) is 5.91 Å². The molecule has 0 spiro atoms. The summed E-state index contributed by atoms with van der Waals surface area (Å²) in [5, 5.41) is 7.52. The van der Waals surface area contributed by atoms with Gasteiger partial charge < -0.3 is 15.5 Å². The number of carbonyl (C=O) groups excluding carboxylic acids is 1. The van der Waals surface area contributed by atoms with Gasteiger partial charge in [0.05, 0.1) is 11.4 Å². The molecule has 5 nitrogen and oxygen atoms in total. The van der Waals surface area contributed by atoms with E-state index < -0.39 is 6.17 Å². The number of likely N-dealkylation sites (N-methyl/N-ethyl adjacent to an activating group) is 1. The van der Waals surface area contributed by atoms with E-state index in [2.05, 4.69) is 10.6 Å². The third kappa shape index (κ3) is 5.17. The number of nitrogens with one attached hydrogen (secondary N) is 2. The van der Waals surface area contributed by atoms with Crippen LogP contribution in [0.15, 0.2) is 71.5 Å². The second kappa shape index (κ2) is 10.3. The summed E-state index contributed by atoms with van der Waals surface area (Å²) in [5.41, 5.74) is 2.56. The average Bonchev–Trinajstić information content (AvgIpc) is 2.90. The molecule has 2 aromatic rings. The second-order valence-corrected chi connectivity index (χ2v) is 9.42. The lowest BCUT2D eigenvalue weighted by Gasteiger charge is -2.26. The molecule has 176 valence electrons. The molecule has 0 fully saturated rings. The van der Waals surface area contributed by atoms with E-state index in [1.54, 1.807) is 37.4 Å². The average molecular weight is 517 g/mol. The Morgan fingerprint density at radius 1 is 1.24 bits per heavy atom. The summed E-state index contributed by atoms with van der Waals surface area (Å²) in [6.45, 7) is 1.96. The number of nitrogens with zero attached hydrogens (tertiary/aromatic N) is 2. The Morgan fingerprint density at radius 3 is 2.71 bits per heavy atom. The van der Waals surface area contributed by atoms with E-state index in [0.29, 0.717) is 39.0 Å². The van der Waals surface area contributed by atoms with E-state index in [1.165, 1.54) is 11.0 Å². The number of carbonyl (C=O) groups is 1. The minimum atomic E-state index is -0.992. The van der Waals surface area contributed by atoms with Crippen molar-refractivity contribution in [1.82, 2.24) is 10.6 Å². The normalized spacial score (nSPS) is 20.6. The summed E-state index contributed by atoms with van der Waals surface area (Å²) in [6, 6.07) is 12.5. The van der Waals surface area contributed by atoms with Gasteiger partial charge >= 0.3 is 0 Å². The van der Waals surface area contributed by atoms with Gasteiger partial charge in [-0.15, -0.1) is 0 Å². The molecule has 2 aliphatic rings. The highest BCUT2D eigenvalue weighted by molar-refractivity contribution is 7.80. The molecule has 2 aromatic carbocycles. The van der Waals surface area contributed by atoms with Crippen LogP contribution in [0.3, 0.4) is 0 Å². The molecule has 1 amide bonds. The lowest BCUT2D eigenvalue weighted by molar-refractivity contribution is -0.119. The van der Waals surface area contributed by atoms with Crippen molar-refractivity contribution < 1.29 is 9.18 Å². The van der Waals surface area contributed by atoms with Gasteiger partial charge in [-0.3, -0.25) is 4.79 Å². The van der Waals surface area contributed by atoms with Crippen LogP contribution in [0.5, 0.6) is 0 Å². The molecule has 1 aliphatic carbocycles. The van der Waals surface area contributed by atoms with Gasteiger partial charge in [-0.25, -0.2) is 9.38 Å². The lowest BCUT2D eigenvalue weighted by Crippen LogP contribution is -2.51. The molecule has 0 radical (unpaired) electrons. The predicted octanol–water partition coefficient (Wildman–Crippen LogP) is 5.42. The maximum Gasteiger partial charge on any atom is 0.272 e. The predicted molar refractivity (Wildman–Crippen MR) is 141 cm³/mol. The highest BCUT2D eigenvalue weighted by Gasteiger charge is 2.31. The standard InChI is InChI=1S/C25H23Cl2FN4OS/c1-14(15-7-10-17(28)11-8-15)29-25(34)31-23-24(33)32(2)21-12-9-16(26)13-19(21)22(30-23)18-5-3-4-6-20(18)27/h3-7,9-15,23H,8H2,1-2H3,(H2,29,31,34). The Bertz CT molecular complexity index is 1230. The summed E-state index contributed by atoms with van der Waals surface area (Å²) in [6.07, 6.45) is 4.39. The van der Waals surface area contributed by atoms with Crippen molar-refractivity contribution in [3.8, 4) is 0 Å². The van der Waals surface area contributed by atoms with Gasteiger partial charge in [0.15, 0.2) is 5.11 Å². The van der Waals surface area contributed by atoms with Crippen molar-refractivity contribution in [3.63, 3.8) is 0 Å². The molecule has 3 atom stereocenters. The SMILES string of the molecule is CC(NC(=S)NC1N=C(c2ccccc2Cl)c2cc(Cl)ccc2N(C)C1=O)C1C=CC(F)=CC1. The minimum Gasteiger partial charge on any atom is -0.360 e. The number of anilines is 1. The molecule has 0 bridgehead atoms. The molecule has 0 saturated carbocycles. The zero-order chi connectivity index (χ0) is 24.4. The van der Waals surface area contributed by atoms with Gasteiger partial charge in [-0.05, 0) is 62.0 Å². The molecule has 34 heavy (non-hydrogen) atoms. The summed E-state index contributed by atoms with van der Waals surface area (Å²) in [7, 11) is 1.68. The number of benzodiazepines with no additional fused rings is 1. The summed E-state index contributed by atoms with van der Waals surface area (Å²) in [5.74, 6) is -0.456. The minimum absolute atomic E-state index is 0.0698. The summed E-state index contributed by atoms with van der Waals surface area (Å²) >= 11 is 18.3. The van der Waals surface area contributed by atoms with Crippen molar-refractivity contribution >= 4 is 57.8 Å². The number of aliphatic imine (C=N–C) groups is 1. The molecule has 3 unspecified atom stereocenters. The van der Waals surface area contributed by atoms with Crippen LogP contribution in [0, 0.1) is 5.92 Å². The Morgan fingerprint density at radius 2 is 2.00 bits per heavy atom. The van der Waals surface area contributed by atoms with E-state index >= 15 is 0 Å². The van der Waals surface area contributed by atoms with Gasteiger partial charge in [0.2, 0.25) is 6.17 Å². The van der Waals surface area contributed by atoms with Crippen LogP contribution in [0.25, 0.3) is 0 Å². The maximum absolute atomic E-state index is 13.4. The van der Waals surface area contributed by atoms with Crippen LogP contribution in [-0.2, 0) is 4.79 Å². The Balaban J connectivity index is 1.64. The van der Waals surface area contributed by atoms with Gasteiger partial charge in [0.1, 0.15) is 5.83 Å². The Hall–Kier alpha value is -2.74. The fourth-order valence-electron chi connectivity index (χ4n) is 3.97. The largest absolute Gasteiger partial charge is 0.360 e. The number of rotatable bonds is 4. The Labute approximate surface area is 213 Å². The van der Waals surface area contributed by atoms with Crippen molar-refractivity contribution in [3.05, 3.63) is 87.7 Å². The van der Waals surface area contributed by atoms with Gasteiger partial charge in [-0.2, -0.15) is 0 Å². The van der Waals surface area contributed by atoms with Crippen molar-refractivity contribution in [2.45, 2.75) is 25.6 Å². The number of allylic oxidation sites excluding steroid dienone is 3. The van der Waals surface area contributed by atoms with E-state index in [0.717, 1.165) is 0 Å². The number of benzene rings is 2. The zero-order valence-electron chi connectivity index (χ0n) is 18.6. The van der Waals surface area contributed by atoms with E-state index in [4.69, 9.17) is 40.4 Å². The van der Waals surface area contributed by atoms with Crippen LogP contribution in [0.1, 0.15) is 24.5 Å². The fourth-order valence-corrected chi connectivity index (χ4v) is 4.66. The number of thiocarbonyl (C=S) groups is 1. The molecule has 4 rings (SSSR count). The second-order valence-electron chi connectivity index (χ2n) is 8.17. The Kier molecular flexibility index (Phi) is 7.36. The quantitative estimate of drug-likeness (QED) is 0.533. The van der Waals surface area contributed by atoms with Crippen molar-refractivity contribution in [2.24, 2.45) is 10.9 Å². The first-order chi connectivity index (χ1) is 16.2. The van der Waals surface area contributed by atoms with Crippen LogP contribution < -0.4 is 15.5 Å². The number of halogens is 3. The number of fused-ring (bicyclic) bond motifs is 1. The summed E-state index contributed by atoms with van der Waals surface area (Å²) < 4.78 is 13.3. The topological polar surface area (TPSA) is 56.7 Å². The third-order valence-electron chi connectivity index (χ3n) is 5.88. The molecule has 0 saturated heterocycles. The van der Waals surface area contributed by atoms with Crippen LogP contribution >= 0.6 is 35.4 Å². The van der Waals surface area contributed by atoms with Crippen LogP contribution in [-0.4, -0.2) is 36.0 Å². The molecule has 2 N–H and O–H groups in total. The number of hydrogen-bond donors (Lipinski definition) is 2. The molecule has 1 heterocycles. The lowest BCUT2D eigenvalue weighted by atomic mass is 9.93. The van der Waals surface area contributed by atoms with E-state index in [9.17, 15) is 9.18 Å². The van der Waals surface area contributed by atoms with Crippen LogP contribution in [0.2, 0.25) is 10.0 Å². The first-order valence-electron chi connectivity index (χ1n) is 10.8. The maximum atomic E-state index is 13.4. The summed E-state index contributed by atoms with van der Waals surface area (Å²) in [4.78, 5) is 19.6. The fraction of sp³-hybridized carbons (Fsp3) is 0.240. The van der Waals surface area contributed by atoms with Gasteiger partial charge in [0, 0.05) is 40.2 Å². The van der Waals surface area contributed by atoms with Crippen LogP contribution in [0.4, 0.5) is 10.1 Å². The zero-order valence-corrected chi connectivity index (χ0v) is 20.9. The first-order valence-corrected chi connectivity index (χ1v) is 11.9. The molecule has 1 aliphatic heterocycles. The number of amides is 1. The molecular formula is C25H23Cl2FN4OS. The smallest absolute Gasteiger partial charge is 0.272 e. The highest BCUT2D eigenvalue weighted by atomic mass is 35.5. The van der Waals surface area contributed by atoms with Crippen molar-refractivity contribution in [2.75, 3.05) is 11.9 Å².